The standard InChI is InChI=1S/C64H34F12N4/c65-61(66,67)42-21-23-44(51(32-42)63(71,72)73)38-19-25-57-49(27-38)46-15-7-9-17-55(46)79(57)59-31-41(35-77)48(40-29-53(36-11-3-1-4-12-36)78-54(30-40)37-13-5-2-6-14-37)34-60(59)80-56-18-10-8-16-47(56)50-28-39(20-26-58(50)80)45-24-22-43(62(68,69)70)33-52(45)64(74,75)76/h1-34H. The Labute approximate surface area is 446 Å². The van der Waals surface area contributed by atoms with Gasteiger partial charge in [0.1, 0.15) is 0 Å². The number of pyridine rings is 1. The first kappa shape index (κ1) is 51.2. The van der Waals surface area contributed by atoms with Gasteiger partial charge in [-0.1, -0.05) is 121 Å². The number of nitrogens with zero attached hydrogens (tertiary/aromatic N) is 4. The highest BCUT2D eigenvalue weighted by Gasteiger charge is 2.40. The first-order valence-electron chi connectivity index (χ1n) is 24.5. The van der Waals surface area contributed by atoms with Crippen LogP contribution in [0.3, 0.4) is 0 Å². The summed E-state index contributed by atoms with van der Waals surface area (Å²) in [6.45, 7) is 0. The predicted molar refractivity (Wildman–Crippen MR) is 285 cm³/mol. The van der Waals surface area contributed by atoms with Crippen molar-refractivity contribution in [2.24, 2.45) is 0 Å². The summed E-state index contributed by atoms with van der Waals surface area (Å²) in [4.78, 5) is 5.04. The molecule has 12 aromatic rings. The summed E-state index contributed by atoms with van der Waals surface area (Å²) in [5.74, 6) is 0. The molecule has 0 saturated carbocycles. The zero-order valence-corrected chi connectivity index (χ0v) is 41.0. The Morgan fingerprint density at radius 2 is 0.725 bits per heavy atom. The van der Waals surface area contributed by atoms with E-state index in [0.29, 0.717) is 89.6 Å². The van der Waals surface area contributed by atoms with Crippen LogP contribution in [0.1, 0.15) is 27.8 Å². The first-order chi connectivity index (χ1) is 38.2. The lowest BCUT2D eigenvalue weighted by molar-refractivity contribution is -0.144. The van der Waals surface area contributed by atoms with Crippen LogP contribution in [-0.2, 0) is 24.7 Å². The number of fused-ring (bicyclic) bond motifs is 6. The molecule has 0 radical (unpaired) electrons. The molecule has 0 aliphatic rings. The van der Waals surface area contributed by atoms with Crippen LogP contribution in [0.5, 0.6) is 0 Å². The van der Waals surface area contributed by atoms with E-state index < -0.39 is 58.1 Å². The van der Waals surface area contributed by atoms with Crippen molar-refractivity contribution in [3.05, 3.63) is 234 Å². The van der Waals surface area contributed by atoms with Crippen LogP contribution >= 0.6 is 0 Å². The van der Waals surface area contributed by atoms with Crippen molar-refractivity contribution in [2.75, 3.05) is 0 Å². The third kappa shape index (κ3) is 8.94. The summed E-state index contributed by atoms with van der Waals surface area (Å²) in [5, 5.41) is 13.2. The Bertz CT molecular complexity index is 4420. The summed E-state index contributed by atoms with van der Waals surface area (Å²) in [6.07, 6.45) is -20.5. The van der Waals surface area contributed by atoms with Gasteiger partial charge in [-0.15, -0.1) is 0 Å². The largest absolute Gasteiger partial charge is 0.417 e. The molecule has 0 fully saturated rings. The minimum Gasteiger partial charge on any atom is -0.307 e. The van der Waals surface area contributed by atoms with Crippen molar-refractivity contribution < 1.29 is 52.7 Å². The van der Waals surface area contributed by atoms with E-state index in [2.05, 4.69) is 6.07 Å². The van der Waals surface area contributed by atoms with E-state index in [4.69, 9.17) is 4.98 Å². The van der Waals surface area contributed by atoms with Gasteiger partial charge in [-0.2, -0.15) is 57.9 Å². The minimum absolute atomic E-state index is 0.0270. The Kier molecular flexibility index (Phi) is 12.0. The van der Waals surface area contributed by atoms with Crippen LogP contribution in [0.25, 0.3) is 111 Å². The van der Waals surface area contributed by atoms with E-state index in [1.807, 2.05) is 81.9 Å². The Morgan fingerprint density at radius 1 is 0.325 bits per heavy atom. The lowest BCUT2D eigenvalue weighted by Gasteiger charge is -2.20. The van der Waals surface area contributed by atoms with Crippen LogP contribution in [0, 0.1) is 11.3 Å². The number of benzene rings is 9. The van der Waals surface area contributed by atoms with E-state index >= 15 is 0 Å². The Hall–Kier alpha value is -9.62. The first-order valence-corrected chi connectivity index (χ1v) is 24.5. The fourth-order valence-electron chi connectivity index (χ4n) is 10.7. The quantitative estimate of drug-likeness (QED) is 0.149. The molecule has 3 aromatic heterocycles. The zero-order chi connectivity index (χ0) is 56.0. The average molecular weight is 1090 g/mol. The Balaban J connectivity index is 1.16. The predicted octanol–water partition coefficient (Wildman–Crippen LogP) is 19.6. The van der Waals surface area contributed by atoms with E-state index in [1.54, 1.807) is 72.8 Å². The number of hydrogen-bond acceptors (Lipinski definition) is 2. The summed E-state index contributed by atoms with van der Waals surface area (Å²) in [6, 6.07) is 54.1. The molecule has 16 heteroatoms. The van der Waals surface area contributed by atoms with Crippen molar-refractivity contribution in [3.8, 4) is 73.3 Å². The zero-order valence-electron chi connectivity index (χ0n) is 41.0. The molecule has 0 aliphatic carbocycles. The molecule has 0 saturated heterocycles. The lowest BCUT2D eigenvalue weighted by Crippen LogP contribution is -2.12. The molecule has 80 heavy (non-hydrogen) atoms. The molecule has 0 N–H and O–H groups in total. The van der Waals surface area contributed by atoms with Crippen molar-refractivity contribution in [1.82, 2.24) is 14.1 Å². The number of alkyl halides is 12. The van der Waals surface area contributed by atoms with Crippen molar-refractivity contribution in [1.29, 1.82) is 5.26 Å². The van der Waals surface area contributed by atoms with Gasteiger partial charge in [-0.05, 0) is 113 Å². The maximum absolute atomic E-state index is 14.7. The molecule has 0 bridgehead atoms. The van der Waals surface area contributed by atoms with Crippen molar-refractivity contribution >= 4 is 43.6 Å². The number of para-hydroxylation sites is 2. The van der Waals surface area contributed by atoms with Crippen LogP contribution < -0.4 is 0 Å². The third-order valence-corrected chi connectivity index (χ3v) is 14.3. The maximum Gasteiger partial charge on any atom is 0.417 e. The summed E-state index contributed by atoms with van der Waals surface area (Å²) in [7, 11) is 0. The number of aromatic nitrogens is 3. The summed E-state index contributed by atoms with van der Waals surface area (Å²) >= 11 is 0. The van der Waals surface area contributed by atoms with Gasteiger partial charge in [0, 0.05) is 38.2 Å². The minimum atomic E-state index is -5.18. The summed E-state index contributed by atoms with van der Waals surface area (Å²) in [5.41, 5.74) is -0.491. The van der Waals surface area contributed by atoms with Gasteiger partial charge >= 0.3 is 24.7 Å². The fourth-order valence-corrected chi connectivity index (χ4v) is 10.7. The van der Waals surface area contributed by atoms with Crippen LogP contribution in [0.15, 0.2) is 206 Å². The maximum atomic E-state index is 14.7. The second kappa shape index (κ2) is 18.8. The molecule has 0 spiro atoms. The summed E-state index contributed by atoms with van der Waals surface area (Å²) < 4.78 is 175. The number of halogens is 12. The van der Waals surface area contributed by atoms with Gasteiger partial charge in [-0.3, -0.25) is 0 Å². The van der Waals surface area contributed by atoms with Gasteiger partial charge in [0.05, 0.1) is 78.7 Å². The van der Waals surface area contributed by atoms with Crippen molar-refractivity contribution in [2.45, 2.75) is 24.7 Å². The second-order valence-electron chi connectivity index (χ2n) is 19.0. The Morgan fingerprint density at radius 3 is 1.14 bits per heavy atom. The lowest BCUT2D eigenvalue weighted by atomic mass is 9.95. The van der Waals surface area contributed by atoms with Crippen LogP contribution in [0.4, 0.5) is 52.7 Å². The molecule has 0 atom stereocenters. The molecule has 0 amide bonds. The van der Waals surface area contributed by atoms with Crippen LogP contribution in [-0.4, -0.2) is 14.1 Å². The fraction of sp³-hybridized carbons (Fsp3) is 0.0625. The van der Waals surface area contributed by atoms with Crippen molar-refractivity contribution in [3.63, 3.8) is 0 Å². The highest BCUT2D eigenvalue weighted by Crippen LogP contribution is 2.47. The number of hydrogen-bond donors (Lipinski definition) is 0. The van der Waals surface area contributed by atoms with E-state index in [9.17, 15) is 57.9 Å². The molecule has 4 nitrogen and oxygen atoms in total. The smallest absolute Gasteiger partial charge is 0.307 e. The molecule has 0 unspecified atom stereocenters. The van der Waals surface area contributed by atoms with E-state index in [1.165, 1.54) is 24.3 Å². The molecular weight excluding hydrogens is 1050 g/mol. The normalized spacial score (nSPS) is 12.5. The second-order valence-corrected chi connectivity index (χ2v) is 19.0. The highest BCUT2D eigenvalue weighted by molar-refractivity contribution is 6.13. The molecule has 3 heterocycles. The van der Waals surface area contributed by atoms with E-state index in [-0.39, 0.29) is 28.8 Å². The highest BCUT2D eigenvalue weighted by atomic mass is 19.4. The molecule has 9 aromatic carbocycles. The van der Waals surface area contributed by atoms with Gasteiger partial charge in [-0.25, -0.2) is 4.98 Å². The third-order valence-electron chi connectivity index (χ3n) is 14.3. The monoisotopic (exact) mass is 1090 g/mol. The van der Waals surface area contributed by atoms with Crippen LogP contribution in [0.2, 0.25) is 0 Å². The van der Waals surface area contributed by atoms with Gasteiger partial charge in [0.2, 0.25) is 0 Å². The molecule has 0 aliphatic heterocycles. The van der Waals surface area contributed by atoms with Gasteiger partial charge in [0.25, 0.3) is 0 Å². The number of rotatable bonds is 7. The SMILES string of the molecule is N#Cc1cc(-n2c3ccccc3c3cc(-c4ccc(C(F)(F)F)cc4C(F)(F)F)ccc32)c(-n2c3ccccc3c3cc(-c4ccc(C(F)(F)F)cc4C(F)(F)F)ccc32)cc1-c1cc(-c2ccccc2)nc(-c2ccccc2)c1. The molecule has 12 rings (SSSR count). The molecular formula is C64H34F12N4. The van der Waals surface area contributed by atoms with Gasteiger partial charge < -0.3 is 9.13 Å². The van der Waals surface area contributed by atoms with Gasteiger partial charge in [0.15, 0.2) is 0 Å². The topological polar surface area (TPSA) is 46.5 Å². The van der Waals surface area contributed by atoms with E-state index in [0.717, 1.165) is 23.3 Å². The molecule has 394 valence electrons. The number of nitriles is 1. The average Bonchev–Trinajstić information content (AvgIpc) is 3.41.